The van der Waals surface area contributed by atoms with Crippen molar-refractivity contribution < 1.29 is 9.59 Å². The minimum atomic E-state index is -0.216. The molecular formula is C17H17N5O2S3. The second-order valence-electron chi connectivity index (χ2n) is 5.39. The quantitative estimate of drug-likeness (QED) is 0.429. The van der Waals surface area contributed by atoms with Gasteiger partial charge in [-0.15, -0.1) is 21.5 Å². The number of amides is 2. The highest BCUT2D eigenvalue weighted by Gasteiger charge is 2.12. The summed E-state index contributed by atoms with van der Waals surface area (Å²) < 4.78 is 0.824. The Morgan fingerprint density at radius 2 is 1.78 bits per heavy atom. The number of hydrogen-bond donors (Lipinski definition) is 2. The molecule has 0 aliphatic carbocycles. The van der Waals surface area contributed by atoms with E-state index in [1.165, 1.54) is 22.7 Å². The number of carbonyl (C=O) groups excluding carboxylic acids is 2. The van der Waals surface area contributed by atoms with Crippen LogP contribution in [0.4, 0.5) is 10.3 Å². The van der Waals surface area contributed by atoms with Gasteiger partial charge in [-0.3, -0.25) is 9.59 Å². The van der Waals surface area contributed by atoms with Crippen LogP contribution in [0.1, 0.15) is 18.2 Å². The minimum absolute atomic E-state index is 0.112. The summed E-state index contributed by atoms with van der Waals surface area (Å²) in [5, 5.41) is 16.1. The number of aromatic nitrogens is 3. The molecule has 0 saturated heterocycles. The Balaban J connectivity index is 1.49. The van der Waals surface area contributed by atoms with Gasteiger partial charge in [0.25, 0.3) is 0 Å². The molecule has 0 spiro atoms. The van der Waals surface area contributed by atoms with E-state index in [0.29, 0.717) is 16.0 Å². The third-order valence-corrected chi connectivity index (χ3v) is 5.93. The van der Waals surface area contributed by atoms with Crippen molar-refractivity contribution in [1.82, 2.24) is 15.2 Å². The molecule has 2 N–H and O–H groups in total. The first-order valence-electron chi connectivity index (χ1n) is 8.16. The van der Waals surface area contributed by atoms with E-state index in [2.05, 4.69) is 25.8 Å². The monoisotopic (exact) mass is 419 g/mol. The molecule has 10 heteroatoms. The molecule has 1 aromatic carbocycles. The molecule has 0 aliphatic rings. The van der Waals surface area contributed by atoms with Crippen molar-refractivity contribution in [1.29, 1.82) is 0 Å². The van der Waals surface area contributed by atoms with E-state index >= 15 is 0 Å². The lowest BCUT2D eigenvalue weighted by Crippen LogP contribution is -2.15. The van der Waals surface area contributed by atoms with E-state index < -0.39 is 0 Å². The van der Waals surface area contributed by atoms with Crippen LogP contribution >= 0.6 is 34.4 Å². The maximum Gasteiger partial charge on any atom is 0.232 e. The lowest BCUT2D eigenvalue weighted by atomic mass is 10.1. The molecule has 140 valence electrons. The predicted octanol–water partition coefficient (Wildman–Crippen LogP) is 3.47. The maximum absolute atomic E-state index is 12.1. The first kappa shape index (κ1) is 19.5. The van der Waals surface area contributed by atoms with Crippen LogP contribution in [0.2, 0.25) is 0 Å². The summed E-state index contributed by atoms with van der Waals surface area (Å²) in [5.41, 5.74) is 1.53. The summed E-state index contributed by atoms with van der Waals surface area (Å²) in [5.74, 6) is 0.549. The minimum Gasteiger partial charge on any atom is -0.302 e. The smallest absolute Gasteiger partial charge is 0.232 e. The summed E-state index contributed by atoms with van der Waals surface area (Å²) in [6.07, 6.45) is 0.395. The molecule has 0 radical (unpaired) electrons. The highest BCUT2D eigenvalue weighted by molar-refractivity contribution is 8.01. The molecule has 0 saturated carbocycles. The van der Waals surface area contributed by atoms with Crippen molar-refractivity contribution in [3.8, 4) is 0 Å². The third kappa shape index (κ3) is 6.12. The molecule has 0 bridgehead atoms. The fourth-order valence-corrected chi connectivity index (χ4v) is 4.55. The van der Waals surface area contributed by atoms with E-state index in [-0.39, 0.29) is 24.7 Å². The summed E-state index contributed by atoms with van der Waals surface area (Å²) >= 11 is 4.22. The average molecular weight is 420 g/mol. The number of nitrogens with one attached hydrogen (secondary N) is 2. The van der Waals surface area contributed by atoms with Gasteiger partial charge in [-0.05, 0) is 11.3 Å². The Hall–Kier alpha value is -2.30. The van der Waals surface area contributed by atoms with Gasteiger partial charge in [0.05, 0.1) is 18.5 Å². The van der Waals surface area contributed by atoms with Gasteiger partial charge in [-0.1, -0.05) is 60.4 Å². The fourth-order valence-electron chi connectivity index (χ4n) is 2.16. The lowest BCUT2D eigenvalue weighted by molar-refractivity contribution is -0.116. The Morgan fingerprint density at radius 1 is 1.04 bits per heavy atom. The van der Waals surface area contributed by atoms with E-state index in [1.807, 2.05) is 37.3 Å². The number of anilines is 2. The average Bonchev–Trinajstić information content (AvgIpc) is 3.25. The normalized spacial score (nSPS) is 10.6. The largest absolute Gasteiger partial charge is 0.302 e. The van der Waals surface area contributed by atoms with Crippen LogP contribution in [0, 0.1) is 0 Å². The van der Waals surface area contributed by atoms with Gasteiger partial charge in [0, 0.05) is 5.38 Å². The summed E-state index contributed by atoms with van der Waals surface area (Å²) in [6.45, 7) is 2.03. The molecule has 7 nitrogen and oxygen atoms in total. The van der Waals surface area contributed by atoms with Crippen molar-refractivity contribution >= 4 is 56.5 Å². The number of hydrogen-bond acceptors (Lipinski definition) is 8. The molecule has 2 heterocycles. The lowest BCUT2D eigenvalue weighted by Gasteiger charge is -2.01. The predicted molar refractivity (Wildman–Crippen MR) is 110 cm³/mol. The topological polar surface area (TPSA) is 96.9 Å². The van der Waals surface area contributed by atoms with E-state index in [1.54, 1.807) is 17.1 Å². The molecule has 2 aromatic heterocycles. The zero-order valence-electron chi connectivity index (χ0n) is 14.5. The summed E-state index contributed by atoms with van der Waals surface area (Å²) in [6, 6.07) is 9.49. The Labute approximate surface area is 168 Å². The number of benzene rings is 1. The van der Waals surface area contributed by atoms with Crippen LogP contribution in [0.5, 0.6) is 0 Å². The van der Waals surface area contributed by atoms with Crippen LogP contribution in [-0.4, -0.2) is 32.7 Å². The van der Waals surface area contributed by atoms with Crippen molar-refractivity contribution in [2.75, 3.05) is 16.4 Å². The molecule has 27 heavy (non-hydrogen) atoms. The van der Waals surface area contributed by atoms with Gasteiger partial charge in [-0.2, -0.15) is 0 Å². The number of thiazole rings is 1. The molecule has 0 fully saturated rings. The van der Waals surface area contributed by atoms with Crippen LogP contribution in [0.25, 0.3) is 0 Å². The second-order valence-corrected chi connectivity index (χ2v) is 8.73. The van der Waals surface area contributed by atoms with Gasteiger partial charge in [0.1, 0.15) is 0 Å². The first-order chi connectivity index (χ1) is 13.1. The zero-order valence-corrected chi connectivity index (χ0v) is 16.9. The number of carbonyl (C=O) groups is 2. The second kappa shape index (κ2) is 9.58. The van der Waals surface area contributed by atoms with Gasteiger partial charge in [0.15, 0.2) is 9.47 Å². The molecule has 2 amide bonds. The number of rotatable bonds is 8. The number of thioether (sulfide) groups is 1. The molecule has 3 aromatic rings. The molecule has 0 aliphatic heterocycles. The summed E-state index contributed by atoms with van der Waals surface area (Å²) in [7, 11) is 0. The Bertz CT molecular complexity index is 910. The van der Waals surface area contributed by atoms with Crippen molar-refractivity contribution in [3.05, 3.63) is 47.0 Å². The number of nitrogens with zero attached hydrogens (tertiary/aromatic N) is 3. The first-order valence-corrected chi connectivity index (χ1v) is 10.8. The van der Waals surface area contributed by atoms with Crippen molar-refractivity contribution in [3.63, 3.8) is 0 Å². The van der Waals surface area contributed by atoms with Crippen LogP contribution in [0.3, 0.4) is 0 Å². The van der Waals surface area contributed by atoms with Crippen LogP contribution in [-0.2, 0) is 22.4 Å². The highest BCUT2D eigenvalue weighted by Crippen LogP contribution is 2.25. The van der Waals surface area contributed by atoms with Crippen molar-refractivity contribution in [2.24, 2.45) is 0 Å². The standard InChI is InChI=1S/C17H17N5O2S3/c1-2-25-17-22-21-16(27-17)20-14(24)9-12-10-26-15(18-12)19-13(23)8-11-6-4-3-5-7-11/h3-7,10H,2,8-9H2,1H3,(H,18,19,23)(H,20,21,24). The van der Waals surface area contributed by atoms with E-state index in [0.717, 1.165) is 15.7 Å². The molecule has 0 atom stereocenters. The van der Waals surface area contributed by atoms with Crippen LogP contribution < -0.4 is 10.6 Å². The fraction of sp³-hybridized carbons (Fsp3) is 0.235. The SMILES string of the molecule is CCSc1nnc(NC(=O)Cc2csc(NC(=O)Cc3ccccc3)n2)s1. The van der Waals surface area contributed by atoms with Gasteiger partial charge in [-0.25, -0.2) is 4.98 Å². The molecule has 0 unspecified atom stereocenters. The van der Waals surface area contributed by atoms with Gasteiger partial charge in [0.2, 0.25) is 16.9 Å². The zero-order chi connectivity index (χ0) is 19.1. The Kier molecular flexibility index (Phi) is 6.91. The molecule has 3 rings (SSSR count). The summed E-state index contributed by atoms with van der Waals surface area (Å²) in [4.78, 5) is 28.5. The maximum atomic E-state index is 12.1. The van der Waals surface area contributed by atoms with Gasteiger partial charge >= 0.3 is 0 Å². The highest BCUT2D eigenvalue weighted by atomic mass is 32.2. The van der Waals surface area contributed by atoms with Crippen LogP contribution in [0.15, 0.2) is 40.1 Å². The van der Waals surface area contributed by atoms with Crippen molar-refractivity contribution in [2.45, 2.75) is 24.1 Å². The third-order valence-electron chi connectivity index (χ3n) is 3.27. The van der Waals surface area contributed by atoms with E-state index in [4.69, 9.17) is 0 Å². The Morgan fingerprint density at radius 3 is 2.56 bits per heavy atom. The molecular weight excluding hydrogens is 402 g/mol. The van der Waals surface area contributed by atoms with E-state index in [9.17, 15) is 9.59 Å². The van der Waals surface area contributed by atoms with Gasteiger partial charge < -0.3 is 10.6 Å².